The molecule has 0 radical (unpaired) electrons. The highest BCUT2D eigenvalue weighted by molar-refractivity contribution is 7.11. The summed E-state index contributed by atoms with van der Waals surface area (Å²) in [6, 6.07) is 1.86. The maximum atomic E-state index is 5.75. The van der Waals surface area contributed by atoms with Gasteiger partial charge in [-0.25, -0.2) is 4.98 Å². The Balaban J connectivity index is 2.02. The van der Waals surface area contributed by atoms with Crippen molar-refractivity contribution < 1.29 is 0 Å². The molecule has 0 saturated carbocycles. The molecule has 0 amide bonds. The molecule has 0 aromatic carbocycles. The maximum Gasteiger partial charge on any atom is 0.112 e. The van der Waals surface area contributed by atoms with Crippen LogP contribution in [0.25, 0.3) is 0 Å². The predicted molar refractivity (Wildman–Crippen MR) is 62.8 cm³/mol. The van der Waals surface area contributed by atoms with E-state index in [0.717, 1.165) is 10.7 Å². The average molecular weight is 220 g/mol. The van der Waals surface area contributed by atoms with Gasteiger partial charge in [-0.2, -0.15) is 0 Å². The third kappa shape index (κ3) is 2.44. The molecule has 78 valence electrons. The lowest BCUT2D eigenvalue weighted by Gasteiger charge is -2.06. The van der Waals surface area contributed by atoms with Crippen LogP contribution in [-0.2, 0) is 6.54 Å². The number of anilines is 2. The van der Waals surface area contributed by atoms with Crippen LogP contribution in [0.2, 0.25) is 0 Å². The minimum atomic E-state index is 0.658. The van der Waals surface area contributed by atoms with Crippen molar-refractivity contribution in [1.29, 1.82) is 0 Å². The van der Waals surface area contributed by atoms with Crippen molar-refractivity contribution in [1.82, 2.24) is 9.97 Å². The van der Waals surface area contributed by atoms with Crippen molar-refractivity contribution in [2.24, 2.45) is 0 Å². The summed E-state index contributed by atoms with van der Waals surface area (Å²) < 4.78 is 0. The summed E-state index contributed by atoms with van der Waals surface area (Å²) in [5, 5.41) is 4.28. The Morgan fingerprint density at radius 1 is 1.47 bits per heavy atom. The molecule has 2 aromatic heterocycles. The largest absolute Gasteiger partial charge is 0.396 e. The van der Waals surface area contributed by atoms with Gasteiger partial charge in [0.1, 0.15) is 5.01 Å². The first kappa shape index (κ1) is 9.92. The van der Waals surface area contributed by atoms with Crippen molar-refractivity contribution in [3.63, 3.8) is 0 Å². The number of nitrogens with two attached hydrogens (primary N) is 1. The lowest BCUT2D eigenvalue weighted by molar-refractivity contribution is 1.10. The number of nitrogen functional groups attached to an aromatic ring is 1. The first-order valence-corrected chi connectivity index (χ1v) is 5.42. The lowest BCUT2D eigenvalue weighted by Crippen LogP contribution is -2.02. The van der Waals surface area contributed by atoms with Crippen LogP contribution in [0.4, 0.5) is 11.4 Å². The van der Waals surface area contributed by atoms with E-state index in [2.05, 4.69) is 15.3 Å². The SMILES string of the molecule is Cc1cnc(CNc2ccncc2N)s1. The first-order chi connectivity index (χ1) is 7.25. The fraction of sp³-hybridized carbons (Fsp3) is 0.200. The highest BCUT2D eigenvalue weighted by Crippen LogP contribution is 2.18. The Labute approximate surface area is 92.2 Å². The van der Waals surface area contributed by atoms with E-state index in [0.29, 0.717) is 12.2 Å². The molecule has 0 saturated heterocycles. The van der Waals surface area contributed by atoms with Crippen LogP contribution in [0, 0.1) is 6.92 Å². The normalized spacial score (nSPS) is 10.2. The topological polar surface area (TPSA) is 63.8 Å². The molecule has 4 nitrogen and oxygen atoms in total. The third-order valence-electron chi connectivity index (χ3n) is 1.95. The number of aromatic nitrogens is 2. The van der Waals surface area contributed by atoms with Crippen molar-refractivity contribution in [2.45, 2.75) is 13.5 Å². The fourth-order valence-electron chi connectivity index (χ4n) is 1.22. The molecule has 0 unspecified atom stereocenters. The molecule has 0 atom stereocenters. The molecule has 0 aliphatic rings. The quantitative estimate of drug-likeness (QED) is 0.830. The molecule has 2 heterocycles. The highest BCUT2D eigenvalue weighted by atomic mass is 32.1. The van der Waals surface area contributed by atoms with Crippen LogP contribution in [0.1, 0.15) is 9.88 Å². The summed E-state index contributed by atoms with van der Waals surface area (Å²) in [6.07, 6.45) is 5.22. The Hall–Kier alpha value is -1.62. The number of hydrogen-bond donors (Lipinski definition) is 2. The molecule has 3 N–H and O–H groups in total. The van der Waals surface area contributed by atoms with Crippen LogP contribution < -0.4 is 11.1 Å². The number of aryl methyl sites for hydroxylation is 1. The summed E-state index contributed by atoms with van der Waals surface area (Å²) in [4.78, 5) is 9.40. The minimum absolute atomic E-state index is 0.658. The number of hydrogen-bond acceptors (Lipinski definition) is 5. The highest BCUT2D eigenvalue weighted by Gasteiger charge is 2.00. The van der Waals surface area contributed by atoms with Crippen molar-refractivity contribution in [3.05, 3.63) is 34.5 Å². The zero-order valence-electron chi connectivity index (χ0n) is 8.40. The molecule has 2 rings (SSSR count). The maximum absolute atomic E-state index is 5.75. The van der Waals surface area contributed by atoms with E-state index < -0.39 is 0 Å². The summed E-state index contributed by atoms with van der Waals surface area (Å²) in [7, 11) is 0. The number of nitrogens with one attached hydrogen (secondary N) is 1. The van der Waals surface area contributed by atoms with E-state index in [4.69, 9.17) is 5.73 Å². The number of rotatable bonds is 3. The monoisotopic (exact) mass is 220 g/mol. The third-order valence-corrected chi connectivity index (χ3v) is 2.86. The molecule has 0 bridgehead atoms. The van der Waals surface area contributed by atoms with Gasteiger partial charge in [-0.05, 0) is 13.0 Å². The number of pyridine rings is 1. The van der Waals surface area contributed by atoms with Crippen LogP contribution in [0.5, 0.6) is 0 Å². The zero-order valence-corrected chi connectivity index (χ0v) is 9.21. The zero-order chi connectivity index (χ0) is 10.7. The average Bonchev–Trinajstić information content (AvgIpc) is 2.63. The molecule has 2 aromatic rings. The van der Waals surface area contributed by atoms with E-state index >= 15 is 0 Å². The van der Waals surface area contributed by atoms with Gasteiger partial charge in [0.15, 0.2) is 0 Å². The predicted octanol–water partition coefficient (Wildman–Crippen LogP) is 2.04. The Kier molecular flexibility index (Phi) is 2.82. The van der Waals surface area contributed by atoms with Gasteiger partial charge in [0.25, 0.3) is 0 Å². The van der Waals surface area contributed by atoms with Gasteiger partial charge in [0, 0.05) is 17.3 Å². The molecular weight excluding hydrogens is 208 g/mol. The second kappa shape index (κ2) is 4.27. The Bertz CT molecular complexity index is 452. The van der Waals surface area contributed by atoms with Crippen molar-refractivity contribution in [2.75, 3.05) is 11.1 Å². The molecule has 0 fully saturated rings. The van der Waals surface area contributed by atoms with Crippen LogP contribution in [0.3, 0.4) is 0 Å². The van der Waals surface area contributed by atoms with E-state index in [1.54, 1.807) is 23.7 Å². The molecule has 0 spiro atoms. The van der Waals surface area contributed by atoms with Gasteiger partial charge in [0.05, 0.1) is 24.1 Å². The van der Waals surface area contributed by atoms with Crippen LogP contribution in [0.15, 0.2) is 24.7 Å². The van der Waals surface area contributed by atoms with Crippen molar-refractivity contribution >= 4 is 22.7 Å². The fourth-order valence-corrected chi connectivity index (χ4v) is 1.95. The van der Waals surface area contributed by atoms with E-state index in [-0.39, 0.29) is 0 Å². The summed E-state index contributed by atoms with van der Waals surface area (Å²) in [5.74, 6) is 0. The van der Waals surface area contributed by atoms with Crippen LogP contribution in [-0.4, -0.2) is 9.97 Å². The van der Waals surface area contributed by atoms with E-state index in [9.17, 15) is 0 Å². The summed E-state index contributed by atoms with van der Waals surface area (Å²) in [6.45, 7) is 2.74. The van der Waals surface area contributed by atoms with Gasteiger partial charge in [-0.3, -0.25) is 4.98 Å². The van der Waals surface area contributed by atoms with Crippen LogP contribution >= 0.6 is 11.3 Å². The minimum Gasteiger partial charge on any atom is -0.396 e. The Morgan fingerprint density at radius 3 is 3.00 bits per heavy atom. The Morgan fingerprint density at radius 2 is 2.33 bits per heavy atom. The second-order valence-corrected chi connectivity index (χ2v) is 4.50. The molecule has 0 aliphatic carbocycles. The van der Waals surface area contributed by atoms with Gasteiger partial charge < -0.3 is 11.1 Å². The standard InChI is InChI=1S/C10H12N4S/c1-7-4-14-10(15-7)6-13-9-2-3-12-5-8(9)11/h2-5H,6,11H2,1H3,(H,12,13). The molecule has 15 heavy (non-hydrogen) atoms. The van der Waals surface area contributed by atoms with Gasteiger partial charge >= 0.3 is 0 Å². The van der Waals surface area contributed by atoms with E-state index in [1.165, 1.54) is 4.88 Å². The van der Waals surface area contributed by atoms with Gasteiger partial charge in [-0.1, -0.05) is 0 Å². The van der Waals surface area contributed by atoms with Gasteiger partial charge in [0.2, 0.25) is 0 Å². The molecule has 5 heteroatoms. The molecule has 0 aliphatic heterocycles. The first-order valence-electron chi connectivity index (χ1n) is 4.60. The second-order valence-electron chi connectivity index (χ2n) is 3.18. The van der Waals surface area contributed by atoms with E-state index in [1.807, 2.05) is 19.2 Å². The molecular formula is C10H12N4S. The summed E-state index contributed by atoms with van der Waals surface area (Å²) in [5.41, 5.74) is 7.31. The number of thiazole rings is 1. The number of nitrogens with zero attached hydrogens (tertiary/aromatic N) is 2. The summed E-state index contributed by atoms with van der Waals surface area (Å²) >= 11 is 1.68. The van der Waals surface area contributed by atoms with Crippen molar-refractivity contribution in [3.8, 4) is 0 Å². The lowest BCUT2D eigenvalue weighted by atomic mass is 10.3. The smallest absolute Gasteiger partial charge is 0.112 e. The van der Waals surface area contributed by atoms with Gasteiger partial charge in [-0.15, -0.1) is 11.3 Å².